The zero-order valence-electron chi connectivity index (χ0n) is 15.7. The molecule has 1 aliphatic heterocycles. The number of benzene rings is 1. The molecule has 0 radical (unpaired) electrons. The lowest BCUT2D eigenvalue weighted by Gasteiger charge is -2.33. The second-order valence-electron chi connectivity index (χ2n) is 6.80. The molecule has 1 unspecified atom stereocenters. The first-order valence-electron chi connectivity index (χ1n) is 9.26. The van der Waals surface area contributed by atoms with Crippen molar-refractivity contribution in [1.82, 2.24) is 24.7 Å². The molecule has 4 aromatic rings. The fourth-order valence-electron chi connectivity index (χ4n) is 3.52. The third-order valence-corrected chi connectivity index (χ3v) is 5.02. The normalized spacial score (nSPS) is 17.0. The number of rotatable bonds is 3. The van der Waals surface area contributed by atoms with Crippen LogP contribution in [0.25, 0.3) is 22.4 Å². The number of morpholine rings is 1. The van der Waals surface area contributed by atoms with E-state index >= 15 is 0 Å². The predicted molar refractivity (Wildman–Crippen MR) is 105 cm³/mol. The molecule has 3 aromatic heterocycles. The summed E-state index contributed by atoms with van der Waals surface area (Å²) in [5.41, 5.74) is 2.44. The number of hydrogen-bond donors (Lipinski definition) is 0. The Kier molecular flexibility index (Phi) is 4.28. The van der Waals surface area contributed by atoms with Crippen LogP contribution in [0.15, 0.2) is 58.2 Å². The summed E-state index contributed by atoms with van der Waals surface area (Å²) in [6, 6.07) is 10.9. The van der Waals surface area contributed by atoms with Gasteiger partial charge in [-0.2, -0.15) is 0 Å². The minimum absolute atomic E-state index is 0.154. The molecule has 1 atom stereocenters. The van der Waals surface area contributed by atoms with Crippen LogP contribution in [0.1, 0.15) is 11.8 Å². The molecule has 29 heavy (non-hydrogen) atoms. The zero-order chi connectivity index (χ0) is 19.8. The molecule has 0 amide bonds. The Labute approximate surface area is 165 Å². The predicted octanol–water partition coefficient (Wildman–Crippen LogP) is 1.96. The van der Waals surface area contributed by atoms with Crippen molar-refractivity contribution in [2.75, 3.05) is 24.6 Å². The molecule has 0 aliphatic carbocycles. The smallest absolute Gasteiger partial charge is 0.255 e. The Morgan fingerprint density at radius 3 is 2.93 bits per heavy atom. The average molecular weight is 390 g/mol. The van der Waals surface area contributed by atoms with E-state index in [-0.39, 0.29) is 11.7 Å². The Balaban J connectivity index is 1.51. The largest absolute Gasteiger partial charge is 0.368 e. The lowest BCUT2D eigenvalue weighted by atomic mass is 10.1. The summed E-state index contributed by atoms with van der Waals surface area (Å²) in [4.78, 5) is 27.4. The molecule has 9 nitrogen and oxygen atoms in total. The SMILES string of the molecule is Cn1c(N2CCOC(c3noc4ccccc34)C2)nc(-c2ccncn2)cc1=O. The molecule has 0 spiro atoms. The van der Waals surface area contributed by atoms with Gasteiger partial charge in [-0.1, -0.05) is 17.3 Å². The van der Waals surface area contributed by atoms with Crippen molar-refractivity contribution in [2.24, 2.45) is 7.05 Å². The third kappa shape index (κ3) is 3.15. The number of hydrogen-bond acceptors (Lipinski definition) is 8. The van der Waals surface area contributed by atoms with Crippen molar-refractivity contribution >= 4 is 16.9 Å². The Bertz CT molecular complexity index is 1220. The van der Waals surface area contributed by atoms with Crippen molar-refractivity contribution in [3.63, 3.8) is 0 Å². The fourth-order valence-corrected chi connectivity index (χ4v) is 3.52. The molecule has 5 rings (SSSR count). The van der Waals surface area contributed by atoms with Crippen molar-refractivity contribution < 1.29 is 9.26 Å². The van der Waals surface area contributed by atoms with E-state index in [4.69, 9.17) is 14.2 Å². The van der Waals surface area contributed by atoms with Crippen LogP contribution in [-0.2, 0) is 11.8 Å². The van der Waals surface area contributed by atoms with Crippen LogP contribution in [0.4, 0.5) is 5.95 Å². The van der Waals surface area contributed by atoms with Crippen molar-refractivity contribution in [2.45, 2.75) is 6.10 Å². The summed E-state index contributed by atoms with van der Waals surface area (Å²) in [5, 5.41) is 5.15. The van der Waals surface area contributed by atoms with E-state index in [0.29, 0.717) is 37.0 Å². The second-order valence-corrected chi connectivity index (χ2v) is 6.80. The minimum atomic E-state index is -0.285. The van der Waals surface area contributed by atoms with Crippen molar-refractivity contribution in [3.8, 4) is 11.4 Å². The first kappa shape index (κ1) is 17.5. The molecule has 1 aliphatic rings. The second kappa shape index (κ2) is 7.10. The molecule has 0 bridgehead atoms. The highest BCUT2D eigenvalue weighted by molar-refractivity contribution is 5.79. The van der Waals surface area contributed by atoms with Crippen LogP contribution in [0, 0.1) is 0 Å². The number of aromatic nitrogens is 5. The number of ether oxygens (including phenoxy) is 1. The molecule has 146 valence electrons. The molecular formula is C20H18N6O3. The summed E-state index contributed by atoms with van der Waals surface area (Å²) in [5.74, 6) is 0.562. The van der Waals surface area contributed by atoms with Gasteiger partial charge in [0.05, 0.1) is 24.5 Å². The lowest BCUT2D eigenvalue weighted by molar-refractivity contribution is 0.0351. The molecular weight excluding hydrogens is 372 g/mol. The monoisotopic (exact) mass is 390 g/mol. The summed E-state index contributed by atoms with van der Waals surface area (Å²) >= 11 is 0. The Morgan fingerprint density at radius 2 is 2.07 bits per heavy atom. The minimum Gasteiger partial charge on any atom is -0.368 e. The van der Waals surface area contributed by atoms with Gasteiger partial charge in [0, 0.05) is 31.2 Å². The van der Waals surface area contributed by atoms with Gasteiger partial charge in [0.25, 0.3) is 5.56 Å². The first-order chi connectivity index (χ1) is 14.2. The number of para-hydroxylation sites is 1. The van der Waals surface area contributed by atoms with Crippen LogP contribution in [-0.4, -0.2) is 44.4 Å². The topological polar surface area (TPSA) is 99.2 Å². The molecule has 0 N–H and O–H groups in total. The van der Waals surface area contributed by atoms with E-state index < -0.39 is 0 Å². The van der Waals surface area contributed by atoms with Crippen LogP contribution in [0.5, 0.6) is 0 Å². The van der Waals surface area contributed by atoms with Crippen LogP contribution in [0.3, 0.4) is 0 Å². The van der Waals surface area contributed by atoms with Gasteiger partial charge >= 0.3 is 0 Å². The van der Waals surface area contributed by atoms with Gasteiger partial charge < -0.3 is 14.2 Å². The van der Waals surface area contributed by atoms with Gasteiger partial charge in [-0.15, -0.1) is 0 Å². The molecule has 1 saturated heterocycles. The quantitative estimate of drug-likeness (QED) is 0.523. The van der Waals surface area contributed by atoms with Crippen LogP contribution < -0.4 is 10.5 Å². The van der Waals surface area contributed by atoms with Crippen molar-refractivity contribution in [3.05, 3.63) is 65.0 Å². The number of fused-ring (bicyclic) bond motifs is 1. The van der Waals surface area contributed by atoms with Crippen LogP contribution in [0.2, 0.25) is 0 Å². The van der Waals surface area contributed by atoms with Gasteiger partial charge in [0.1, 0.15) is 18.1 Å². The van der Waals surface area contributed by atoms with E-state index in [1.54, 1.807) is 19.3 Å². The van der Waals surface area contributed by atoms with Gasteiger partial charge in [0.15, 0.2) is 5.58 Å². The standard InChI is InChI=1S/C20H18N6O3/c1-25-18(27)10-15(14-6-7-21-12-22-14)23-20(25)26-8-9-28-17(11-26)19-13-4-2-3-5-16(13)29-24-19/h2-7,10,12,17H,8-9,11H2,1H3. The Morgan fingerprint density at radius 1 is 1.17 bits per heavy atom. The molecule has 1 fully saturated rings. The van der Waals surface area contributed by atoms with Gasteiger partial charge in [-0.05, 0) is 18.2 Å². The lowest BCUT2D eigenvalue weighted by Crippen LogP contribution is -2.41. The summed E-state index contributed by atoms with van der Waals surface area (Å²) < 4.78 is 12.9. The van der Waals surface area contributed by atoms with E-state index in [9.17, 15) is 4.79 Å². The Hall–Kier alpha value is -3.59. The van der Waals surface area contributed by atoms with E-state index in [0.717, 1.165) is 16.7 Å². The third-order valence-electron chi connectivity index (χ3n) is 5.02. The van der Waals surface area contributed by atoms with Gasteiger partial charge in [-0.3, -0.25) is 9.36 Å². The highest BCUT2D eigenvalue weighted by Crippen LogP contribution is 2.30. The molecule has 1 aromatic carbocycles. The van der Waals surface area contributed by atoms with Gasteiger partial charge in [-0.25, -0.2) is 15.0 Å². The average Bonchev–Trinajstić information content (AvgIpc) is 3.20. The van der Waals surface area contributed by atoms with E-state index in [1.165, 1.54) is 17.0 Å². The fraction of sp³-hybridized carbons (Fsp3) is 0.250. The van der Waals surface area contributed by atoms with E-state index in [2.05, 4.69) is 15.1 Å². The molecule has 9 heteroatoms. The maximum Gasteiger partial charge on any atom is 0.255 e. The summed E-state index contributed by atoms with van der Waals surface area (Å²) in [6.07, 6.45) is 2.78. The highest BCUT2D eigenvalue weighted by Gasteiger charge is 2.28. The van der Waals surface area contributed by atoms with Crippen molar-refractivity contribution in [1.29, 1.82) is 0 Å². The molecule has 0 saturated carbocycles. The maximum absolute atomic E-state index is 12.6. The number of nitrogens with zero attached hydrogens (tertiary/aromatic N) is 6. The summed E-state index contributed by atoms with van der Waals surface area (Å²) in [6.45, 7) is 1.60. The highest BCUT2D eigenvalue weighted by atomic mass is 16.5. The summed E-state index contributed by atoms with van der Waals surface area (Å²) in [7, 11) is 1.71. The maximum atomic E-state index is 12.6. The van der Waals surface area contributed by atoms with E-state index in [1.807, 2.05) is 29.2 Å². The van der Waals surface area contributed by atoms with Crippen LogP contribution >= 0.6 is 0 Å². The molecule has 4 heterocycles. The zero-order valence-corrected chi connectivity index (χ0v) is 15.7. The first-order valence-corrected chi connectivity index (χ1v) is 9.26. The van der Waals surface area contributed by atoms with Gasteiger partial charge in [0.2, 0.25) is 5.95 Å². The number of anilines is 1.